The van der Waals surface area contributed by atoms with E-state index in [-0.39, 0.29) is 29.7 Å². The molecule has 0 aliphatic rings. The van der Waals surface area contributed by atoms with E-state index in [0.29, 0.717) is 5.92 Å². The minimum atomic E-state index is -0.458. The Bertz CT molecular complexity index is 827. The third kappa shape index (κ3) is 2.68. The maximum absolute atomic E-state index is 12.3. The largest absolute Gasteiger partial charge is 0.352 e. The van der Waals surface area contributed by atoms with Gasteiger partial charge in [-0.1, -0.05) is 13.8 Å². The number of hydrogen-bond acceptors (Lipinski definition) is 4. The van der Waals surface area contributed by atoms with E-state index in [4.69, 9.17) is 0 Å². The Morgan fingerprint density at radius 2 is 1.86 bits per heavy atom. The number of imidazole rings is 1. The van der Waals surface area contributed by atoms with Crippen molar-refractivity contribution in [1.82, 2.24) is 24.0 Å². The lowest BCUT2D eigenvalue weighted by molar-refractivity contribution is -0.122. The van der Waals surface area contributed by atoms with E-state index in [2.05, 4.69) is 10.3 Å². The molecule has 0 aliphatic heterocycles. The van der Waals surface area contributed by atoms with E-state index in [1.54, 1.807) is 7.05 Å². The smallest absolute Gasteiger partial charge is 0.332 e. The van der Waals surface area contributed by atoms with Crippen molar-refractivity contribution in [2.75, 3.05) is 0 Å². The molecule has 8 heteroatoms. The monoisotopic (exact) mass is 307 g/mol. The SMILES string of the molecule is CC(C)[C@H](C)NC(=O)Cn1cnc2c1c(=O)n(C)c(=O)n2C. The van der Waals surface area contributed by atoms with Crippen LogP contribution in [0.5, 0.6) is 0 Å². The zero-order chi connectivity index (χ0) is 16.6. The van der Waals surface area contributed by atoms with Gasteiger partial charge >= 0.3 is 5.69 Å². The predicted octanol–water partition coefficient (Wildman–Crippen LogP) is -0.406. The van der Waals surface area contributed by atoms with Crippen molar-refractivity contribution in [1.29, 1.82) is 0 Å². The molecule has 1 N–H and O–H groups in total. The van der Waals surface area contributed by atoms with Crippen LogP contribution in [-0.2, 0) is 25.4 Å². The summed E-state index contributed by atoms with van der Waals surface area (Å²) in [6, 6.07) is 0.0366. The highest BCUT2D eigenvalue weighted by molar-refractivity contribution is 5.79. The van der Waals surface area contributed by atoms with Crippen molar-refractivity contribution in [3.05, 3.63) is 27.2 Å². The highest BCUT2D eigenvalue weighted by Crippen LogP contribution is 2.06. The summed E-state index contributed by atoms with van der Waals surface area (Å²) in [5, 5.41) is 2.88. The van der Waals surface area contributed by atoms with Gasteiger partial charge in [-0.05, 0) is 12.8 Å². The lowest BCUT2D eigenvalue weighted by Gasteiger charge is -2.17. The minimum absolute atomic E-state index is 0.0129. The second-order valence-corrected chi connectivity index (χ2v) is 5.85. The minimum Gasteiger partial charge on any atom is -0.352 e. The Kier molecular flexibility index (Phi) is 4.20. The number of rotatable bonds is 4. The summed E-state index contributed by atoms with van der Waals surface area (Å²) >= 11 is 0. The average Bonchev–Trinajstić information content (AvgIpc) is 2.86. The third-order valence-electron chi connectivity index (χ3n) is 3.92. The molecule has 0 aliphatic carbocycles. The fourth-order valence-electron chi connectivity index (χ4n) is 2.14. The molecule has 0 radical (unpaired) electrons. The van der Waals surface area contributed by atoms with Gasteiger partial charge < -0.3 is 9.88 Å². The molecule has 0 bridgehead atoms. The van der Waals surface area contributed by atoms with Crippen LogP contribution in [0.15, 0.2) is 15.9 Å². The second-order valence-electron chi connectivity index (χ2n) is 5.85. The zero-order valence-electron chi connectivity index (χ0n) is 13.5. The molecule has 22 heavy (non-hydrogen) atoms. The first-order chi connectivity index (χ1) is 10.2. The summed E-state index contributed by atoms with van der Waals surface area (Å²) in [7, 11) is 2.95. The molecule has 1 amide bonds. The van der Waals surface area contributed by atoms with Gasteiger partial charge in [0.15, 0.2) is 11.2 Å². The number of carbonyl (C=O) groups is 1. The van der Waals surface area contributed by atoms with E-state index < -0.39 is 11.2 Å². The van der Waals surface area contributed by atoms with E-state index in [1.807, 2.05) is 20.8 Å². The van der Waals surface area contributed by atoms with Crippen LogP contribution in [0.25, 0.3) is 11.2 Å². The summed E-state index contributed by atoms with van der Waals surface area (Å²) in [5.74, 6) is 0.119. The van der Waals surface area contributed by atoms with Crippen LogP contribution in [0, 0.1) is 5.92 Å². The summed E-state index contributed by atoms with van der Waals surface area (Å²) in [4.78, 5) is 40.3. The zero-order valence-corrected chi connectivity index (χ0v) is 13.5. The van der Waals surface area contributed by atoms with Crippen molar-refractivity contribution in [3.63, 3.8) is 0 Å². The van der Waals surface area contributed by atoms with Crippen LogP contribution >= 0.6 is 0 Å². The van der Waals surface area contributed by atoms with Gasteiger partial charge in [0.1, 0.15) is 6.54 Å². The molecule has 0 spiro atoms. The maximum Gasteiger partial charge on any atom is 0.332 e. The standard InChI is InChI=1S/C14H21N5O3/c1-8(2)9(3)16-10(20)6-19-7-15-12-11(19)13(21)18(5)14(22)17(12)4/h7-9H,6H2,1-5H3,(H,16,20)/t9-/m0/s1. The van der Waals surface area contributed by atoms with Crippen LogP contribution < -0.4 is 16.6 Å². The predicted molar refractivity (Wildman–Crippen MR) is 82.7 cm³/mol. The third-order valence-corrected chi connectivity index (χ3v) is 3.92. The van der Waals surface area contributed by atoms with E-state index in [9.17, 15) is 14.4 Å². The fraction of sp³-hybridized carbons (Fsp3) is 0.571. The van der Waals surface area contributed by atoms with Gasteiger partial charge in [-0.3, -0.25) is 18.7 Å². The molecule has 120 valence electrons. The molecule has 0 unspecified atom stereocenters. The first-order valence-corrected chi connectivity index (χ1v) is 7.14. The van der Waals surface area contributed by atoms with Gasteiger partial charge in [-0.25, -0.2) is 9.78 Å². The topological polar surface area (TPSA) is 90.9 Å². The number of hydrogen-bond donors (Lipinski definition) is 1. The second kappa shape index (κ2) is 5.78. The van der Waals surface area contributed by atoms with Crippen LogP contribution in [0.3, 0.4) is 0 Å². The van der Waals surface area contributed by atoms with Crippen molar-refractivity contribution < 1.29 is 4.79 Å². The Hall–Kier alpha value is -2.38. The summed E-state index contributed by atoms with van der Waals surface area (Å²) in [6.45, 7) is 5.95. The molecule has 0 fully saturated rings. The van der Waals surface area contributed by atoms with E-state index in [1.165, 1.54) is 22.5 Å². The van der Waals surface area contributed by atoms with Crippen molar-refractivity contribution >= 4 is 17.1 Å². The molecule has 0 saturated heterocycles. The van der Waals surface area contributed by atoms with Gasteiger partial charge in [0.25, 0.3) is 5.56 Å². The van der Waals surface area contributed by atoms with Crippen molar-refractivity contribution in [2.24, 2.45) is 20.0 Å². The lowest BCUT2D eigenvalue weighted by atomic mass is 10.1. The van der Waals surface area contributed by atoms with Gasteiger partial charge in [-0.15, -0.1) is 0 Å². The number of nitrogens with one attached hydrogen (secondary N) is 1. The van der Waals surface area contributed by atoms with Crippen LogP contribution in [0.4, 0.5) is 0 Å². The number of amides is 1. The summed E-state index contributed by atoms with van der Waals surface area (Å²) in [5.41, 5.74) is -0.379. The van der Waals surface area contributed by atoms with Crippen LogP contribution in [0.1, 0.15) is 20.8 Å². The molecule has 0 saturated carbocycles. The number of nitrogens with zero attached hydrogens (tertiary/aromatic N) is 4. The van der Waals surface area contributed by atoms with Gasteiger partial charge in [-0.2, -0.15) is 0 Å². The Morgan fingerprint density at radius 1 is 1.23 bits per heavy atom. The Labute approximate surface area is 127 Å². The number of aromatic nitrogens is 4. The first kappa shape index (κ1) is 16.0. The summed E-state index contributed by atoms with van der Waals surface area (Å²) in [6.07, 6.45) is 1.41. The average molecular weight is 307 g/mol. The first-order valence-electron chi connectivity index (χ1n) is 7.14. The highest BCUT2D eigenvalue weighted by Gasteiger charge is 2.17. The normalized spacial score (nSPS) is 12.8. The quantitative estimate of drug-likeness (QED) is 0.831. The Morgan fingerprint density at radius 3 is 2.45 bits per heavy atom. The molecular weight excluding hydrogens is 286 g/mol. The molecular formula is C14H21N5O3. The van der Waals surface area contributed by atoms with Crippen LogP contribution in [-0.4, -0.2) is 30.6 Å². The van der Waals surface area contributed by atoms with Gasteiger partial charge in [0.2, 0.25) is 5.91 Å². The lowest BCUT2D eigenvalue weighted by Crippen LogP contribution is -2.40. The Balaban J connectivity index is 2.40. The van der Waals surface area contributed by atoms with E-state index in [0.717, 1.165) is 4.57 Å². The van der Waals surface area contributed by atoms with Gasteiger partial charge in [0.05, 0.1) is 6.33 Å². The fourth-order valence-corrected chi connectivity index (χ4v) is 2.14. The number of carbonyl (C=O) groups excluding carboxylic acids is 1. The van der Waals surface area contributed by atoms with Crippen LogP contribution in [0.2, 0.25) is 0 Å². The molecule has 8 nitrogen and oxygen atoms in total. The molecule has 2 aromatic rings. The van der Waals surface area contributed by atoms with Gasteiger partial charge in [0, 0.05) is 20.1 Å². The number of fused-ring (bicyclic) bond motifs is 1. The molecule has 2 rings (SSSR count). The molecule has 0 aromatic carbocycles. The highest BCUT2D eigenvalue weighted by atomic mass is 16.2. The number of aryl methyl sites for hydroxylation is 1. The molecule has 2 heterocycles. The van der Waals surface area contributed by atoms with Crippen molar-refractivity contribution in [2.45, 2.75) is 33.4 Å². The summed E-state index contributed by atoms with van der Waals surface area (Å²) < 4.78 is 3.77. The maximum atomic E-state index is 12.3. The molecule has 2 aromatic heterocycles. The van der Waals surface area contributed by atoms with Crippen molar-refractivity contribution in [3.8, 4) is 0 Å². The van der Waals surface area contributed by atoms with E-state index >= 15 is 0 Å². The molecule has 1 atom stereocenters.